The molecule has 1 heterocycles. The minimum absolute atomic E-state index is 0.465. The molecule has 0 saturated carbocycles. The summed E-state index contributed by atoms with van der Waals surface area (Å²) in [5.74, 6) is 1.44. The zero-order valence-electron chi connectivity index (χ0n) is 7.54. The molecule has 62 valence electrons. The topological polar surface area (TPSA) is 27.0 Å². The fraction of sp³-hybridized carbons (Fsp3) is 0.889. The normalized spacial score (nSPS) is 31.0. The lowest BCUT2D eigenvalue weighted by Crippen LogP contribution is -2.21. The fourth-order valence-electron chi connectivity index (χ4n) is 1.69. The van der Waals surface area contributed by atoms with Gasteiger partial charge in [0.1, 0.15) is 0 Å². The zero-order valence-corrected chi connectivity index (χ0v) is 7.54. The molecule has 0 amide bonds. The van der Waals surface area contributed by atoms with E-state index < -0.39 is 0 Å². The summed E-state index contributed by atoms with van der Waals surface area (Å²) in [7, 11) is 0. The first-order valence-corrected chi connectivity index (χ1v) is 4.31. The maximum absolute atomic E-state index is 8.71. The molecule has 0 spiro atoms. The Balaban J connectivity index is 2.51. The molecule has 0 bridgehead atoms. The van der Waals surface area contributed by atoms with Gasteiger partial charge in [0.25, 0.3) is 0 Å². The molecular weight excluding hydrogens is 136 g/mol. The predicted octanol–water partition coefficient (Wildman–Crippen LogP) is 1.83. The molecule has 1 aliphatic rings. The van der Waals surface area contributed by atoms with Gasteiger partial charge in [0, 0.05) is 12.6 Å². The lowest BCUT2D eigenvalue weighted by Gasteiger charge is -2.12. The second kappa shape index (κ2) is 3.13. The molecule has 1 fully saturated rings. The van der Waals surface area contributed by atoms with Crippen LogP contribution in [0.5, 0.6) is 0 Å². The number of hydrogen-bond donors (Lipinski definition) is 0. The van der Waals surface area contributed by atoms with Gasteiger partial charge in [-0.1, -0.05) is 13.8 Å². The molecule has 2 unspecified atom stereocenters. The maximum Gasteiger partial charge on any atom is 0.179 e. The second-order valence-corrected chi connectivity index (χ2v) is 3.84. The van der Waals surface area contributed by atoms with E-state index in [-0.39, 0.29) is 0 Å². The average molecular weight is 152 g/mol. The average Bonchev–Trinajstić information content (AvgIpc) is 2.31. The first-order valence-electron chi connectivity index (χ1n) is 4.31. The van der Waals surface area contributed by atoms with Crippen molar-refractivity contribution in [2.75, 3.05) is 6.54 Å². The Morgan fingerprint density at radius 1 is 1.55 bits per heavy atom. The van der Waals surface area contributed by atoms with E-state index >= 15 is 0 Å². The van der Waals surface area contributed by atoms with Gasteiger partial charge in [-0.3, -0.25) is 0 Å². The zero-order chi connectivity index (χ0) is 8.43. The predicted molar refractivity (Wildman–Crippen MR) is 44.7 cm³/mol. The molecule has 0 radical (unpaired) electrons. The van der Waals surface area contributed by atoms with Crippen molar-refractivity contribution in [1.82, 2.24) is 4.90 Å². The van der Waals surface area contributed by atoms with Gasteiger partial charge in [0.2, 0.25) is 0 Å². The van der Waals surface area contributed by atoms with Gasteiger partial charge >= 0.3 is 0 Å². The van der Waals surface area contributed by atoms with E-state index in [1.54, 1.807) is 0 Å². The first-order chi connectivity index (χ1) is 5.15. The quantitative estimate of drug-likeness (QED) is 0.536. The van der Waals surface area contributed by atoms with E-state index in [0.29, 0.717) is 6.04 Å². The van der Waals surface area contributed by atoms with Gasteiger partial charge in [-0.2, -0.15) is 5.26 Å². The van der Waals surface area contributed by atoms with E-state index in [4.69, 9.17) is 5.26 Å². The molecule has 0 aromatic rings. The number of likely N-dealkylation sites (tertiary alicyclic amines) is 1. The highest BCUT2D eigenvalue weighted by Crippen LogP contribution is 2.27. The summed E-state index contributed by atoms with van der Waals surface area (Å²) in [5, 5.41) is 8.71. The number of nitriles is 1. The maximum atomic E-state index is 8.71. The van der Waals surface area contributed by atoms with Crippen molar-refractivity contribution in [3.8, 4) is 6.19 Å². The third-order valence-electron chi connectivity index (χ3n) is 2.68. The highest BCUT2D eigenvalue weighted by atomic mass is 15.2. The van der Waals surface area contributed by atoms with Crippen LogP contribution in [-0.2, 0) is 0 Å². The lowest BCUT2D eigenvalue weighted by molar-refractivity contribution is 0.364. The molecular formula is C9H16N2. The van der Waals surface area contributed by atoms with Crippen molar-refractivity contribution < 1.29 is 0 Å². The number of rotatable bonds is 1. The van der Waals surface area contributed by atoms with Crippen LogP contribution in [0.4, 0.5) is 0 Å². The Hall–Kier alpha value is -0.710. The van der Waals surface area contributed by atoms with Crippen LogP contribution in [0.3, 0.4) is 0 Å². The van der Waals surface area contributed by atoms with Crippen LogP contribution in [0.2, 0.25) is 0 Å². The van der Waals surface area contributed by atoms with E-state index in [1.807, 2.05) is 4.90 Å². The van der Waals surface area contributed by atoms with Crippen LogP contribution in [0.25, 0.3) is 0 Å². The molecule has 1 saturated heterocycles. The van der Waals surface area contributed by atoms with E-state index in [9.17, 15) is 0 Å². The smallest absolute Gasteiger partial charge is 0.179 e. The molecule has 0 aromatic heterocycles. The highest BCUT2D eigenvalue weighted by molar-refractivity contribution is 4.90. The summed E-state index contributed by atoms with van der Waals surface area (Å²) in [4.78, 5) is 1.89. The van der Waals surface area contributed by atoms with Gasteiger partial charge in [-0.15, -0.1) is 0 Å². The van der Waals surface area contributed by atoms with Crippen LogP contribution >= 0.6 is 0 Å². The van der Waals surface area contributed by atoms with Crippen molar-refractivity contribution in [2.24, 2.45) is 11.8 Å². The van der Waals surface area contributed by atoms with E-state index in [1.165, 1.54) is 6.42 Å². The molecule has 0 aliphatic carbocycles. The second-order valence-electron chi connectivity index (χ2n) is 3.84. The van der Waals surface area contributed by atoms with Gasteiger partial charge in [0.05, 0.1) is 0 Å². The van der Waals surface area contributed by atoms with Crippen LogP contribution in [-0.4, -0.2) is 17.5 Å². The summed E-state index contributed by atoms with van der Waals surface area (Å²) in [6.45, 7) is 7.57. The minimum atomic E-state index is 0.465. The monoisotopic (exact) mass is 152 g/mol. The molecule has 1 rings (SSSR count). The lowest BCUT2D eigenvalue weighted by atomic mass is 9.94. The molecule has 0 N–H and O–H groups in total. The molecule has 2 atom stereocenters. The number of nitrogens with zero attached hydrogens (tertiary/aromatic N) is 2. The van der Waals surface area contributed by atoms with Crippen LogP contribution in [0, 0.1) is 23.3 Å². The third-order valence-corrected chi connectivity index (χ3v) is 2.68. The molecule has 0 aromatic carbocycles. The Morgan fingerprint density at radius 2 is 2.18 bits per heavy atom. The Kier molecular flexibility index (Phi) is 2.38. The molecule has 11 heavy (non-hydrogen) atoms. The first kappa shape index (κ1) is 8.39. The van der Waals surface area contributed by atoms with Gasteiger partial charge in [0.15, 0.2) is 6.19 Å². The van der Waals surface area contributed by atoms with Crippen molar-refractivity contribution >= 4 is 0 Å². The summed E-state index contributed by atoms with van der Waals surface area (Å²) in [5.41, 5.74) is 0. The summed E-state index contributed by atoms with van der Waals surface area (Å²) in [6.07, 6.45) is 3.42. The summed E-state index contributed by atoms with van der Waals surface area (Å²) >= 11 is 0. The Morgan fingerprint density at radius 3 is 2.45 bits per heavy atom. The SMILES string of the molecule is CC(C)C1CC(C)N(C#N)C1. The van der Waals surface area contributed by atoms with Gasteiger partial charge in [-0.05, 0) is 25.2 Å². The summed E-state index contributed by atoms with van der Waals surface area (Å²) in [6, 6.07) is 0.465. The van der Waals surface area contributed by atoms with Crippen LogP contribution < -0.4 is 0 Å². The van der Waals surface area contributed by atoms with E-state index in [0.717, 1.165) is 18.4 Å². The fourth-order valence-corrected chi connectivity index (χ4v) is 1.69. The van der Waals surface area contributed by atoms with Crippen molar-refractivity contribution in [3.05, 3.63) is 0 Å². The van der Waals surface area contributed by atoms with Gasteiger partial charge < -0.3 is 4.90 Å². The standard InChI is InChI=1S/C9H16N2/c1-7(2)9-4-8(3)11(5-9)6-10/h7-9H,4-5H2,1-3H3. The van der Waals surface area contributed by atoms with Crippen LogP contribution in [0.15, 0.2) is 0 Å². The highest BCUT2D eigenvalue weighted by Gasteiger charge is 2.29. The Labute approximate surface area is 68.8 Å². The molecule has 2 heteroatoms. The van der Waals surface area contributed by atoms with Gasteiger partial charge in [-0.25, -0.2) is 0 Å². The van der Waals surface area contributed by atoms with Crippen molar-refractivity contribution in [2.45, 2.75) is 33.2 Å². The Bertz CT molecular complexity index is 169. The van der Waals surface area contributed by atoms with Crippen molar-refractivity contribution in [1.29, 1.82) is 5.26 Å². The van der Waals surface area contributed by atoms with Crippen LogP contribution in [0.1, 0.15) is 27.2 Å². The molecule has 2 nitrogen and oxygen atoms in total. The largest absolute Gasteiger partial charge is 0.308 e. The van der Waals surface area contributed by atoms with E-state index in [2.05, 4.69) is 27.0 Å². The third kappa shape index (κ3) is 1.65. The summed E-state index contributed by atoms with van der Waals surface area (Å²) < 4.78 is 0. The number of hydrogen-bond acceptors (Lipinski definition) is 2. The minimum Gasteiger partial charge on any atom is -0.308 e. The molecule has 1 aliphatic heterocycles. The van der Waals surface area contributed by atoms with Crippen molar-refractivity contribution in [3.63, 3.8) is 0 Å².